The van der Waals surface area contributed by atoms with Crippen LogP contribution in [0.25, 0.3) is 0 Å². The molecule has 0 aromatic heterocycles. The first-order valence-electron chi connectivity index (χ1n) is 11.9. The Morgan fingerprint density at radius 2 is 1.24 bits per heavy atom. The maximum atomic E-state index is 11.9. The number of carbonyl (C=O) groups excluding carboxylic acids is 1. The molecule has 0 bridgehead atoms. The molecule has 0 aromatic carbocycles. The molecule has 1 saturated heterocycles. The number of aliphatic hydroxyl groups excluding tert-OH is 3. The molecule has 3 N–H and O–H groups in total. The summed E-state index contributed by atoms with van der Waals surface area (Å²) in [6, 6.07) is 0. The van der Waals surface area contributed by atoms with E-state index in [1.54, 1.807) is 0 Å². The van der Waals surface area contributed by atoms with Crippen molar-refractivity contribution in [2.75, 3.05) is 13.2 Å². The molecule has 0 aliphatic carbocycles. The normalized spacial score (nSPS) is 25.0. The number of carbonyl (C=O) groups is 1. The van der Waals surface area contributed by atoms with E-state index in [1.165, 1.54) is 70.6 Å². The van der Waals surface area contributed by atoms with Crippen molar-refractivity contribution in [3.05, 3.63) is 0 Å². The summed E-state index contributed by atoms with van der Waals surface area (Å²) >= 11 is 0. The summed E-state index contributed by atoms with van der Waals surface area (Å²) in [5, 5.41) is 29.3. The fourth-order valence-corrected chi connectivity index (χ4v) is 3.75. The first kappa shape index (κ1) is 26.3. The van der Waals surface area contributed by atoms with Crippen LogP contribution in [-0.2, 0) is 14.3 Å². The van der Waals surface area contributed by atoms with Gasteiger partial charge in [-0.25, -0.2) is 0 Å². The lowest BCUT2D eigenvalue weighted by Crippen LogP contribution is -2.45. The largest absolute Gasteiger partial charge is 0.457 e. The number of esters is 1. The van der Waals surface area contributed by atoms with Gasteiger partial charge in [-0.3, -0.25) is 4.79 Å². The van der Waals surface area contributed by atoms with Crippen molar-refractivity contribution in [2.24, 2.45) is 0 Å². The lowest BCUT2D eigenvalue weighted by atomic mass is 10.0. The molecule has 172 valence electrons. The van der Waals surface area contributed by atoms with E-state index < -0.39 is 24.4 Å². The summed E-state index contributed by atoms with van der Waals surface area (Å²) in [7, 11) is 0. The van der Waals surface area contributed by atoms with E-state index in [4.69, 9.17) is 9.47 Å². The monoisotopic (exact) mass is 416 g/mol. The molecule has 1 rings (SSSR count). The molecule has 6 nitrogen and oxygen atoms in total. The number of rotatable bonds is 16. The van der Waals surface area contributed by atoms with Gasteiger partial charge in [0.1, 0.15) is 18.3 Å². The lowest BCUT2D eigenvalue weighted by molar-refractivity contribution is -0.163. The summed E-state index contributed by atoms with van der Waals surface area (Å²) in [4.78, 5) is 11.9. The minimum absolute atomic E-state index is 0.0141. The average molecular weight is 417 g/mol. The van der Waals surface area contributed by atoms with Crippen LogP contribution in [0.2, 0.25) is 0 Å². The number of ether oxygens (including phenoxy) is 2. The third-order valence-electron chi connectivity index (χ3n) is 5.71. The third-order valence-corrected chi connectivity index (χ3v) is 5.71. The summed E-state index contributed by atoms with van der Waals surface area (Å²) < 4.78 is 10.4. The number of aliphatic hydroxyl groups is 3. The van der Waals surface area contributed by atoms with Gasteiger partial charge in [-0.05, 0) is 6.42 Å². The Morgan fingerprint density at radius 1 is 0.759 bits per heavy atom. The van der Waals surface area contributed by atoms with Gasteiger partial charge in [0, 0.05) is 6.42 Å². The molecule has 0 aromatic rings. The molecule has 0 unspecified atom stereocenters. The van der Waals surface area contributed by atoms with E-state index >= 15 is 0 Å². The first-order chi connectivity index (χ1) is 14.1. The van der Waals surface area contributed by atoms with Crippen molar-refractivity contribution in [2.45, 2.75) is 128 Å². The number of unbranched alkanes of at least 4 members (excludes halogenated alkanes) is 13. The quantitative estimate of drug-likeness (QED) is 0.261. The van der Waals surface area contributed by atoms with Gasteiger partial charge >= 0.3 is 5.97 Å². The molecule has 0 saturated carbocycles. The highest BCUT2D eigenvalue weighted by Crippen LogP contribution is 2.16. The van der Waals surface area contributed by atoms with Gasteiger partial charge in [-0.15, -0.1) is 0 Å². The Balaban J connectivity index is 1.92. The van der Waals surface area contributed by atoms with E-state index in [1.807, 2.05) is 0 Å². The van der Waals surface area contributed by atoms with Crippen LogP contribution in [0, 0.1) is 0 Å². The predicted molar refractivity (Wildman–Crippen MR) is 114 cm³/mol. The maximum Gasteiger partial charge on any atom is 0.306 e. The highest BCUT2D eigenvalue weighted by molar-refractivity contribution is 5.69. The van der Waals surface area contributed by atoms with Crippen molar-refractivity contribution in [3.63, 3.8) is 0 Å². The second-order valence-corrected chi connectivity index (χ2v) is 8.46. The fraction of sp³-hybridized carbons (Fsp3) is 0.957. The third kappa shape index (κ3) is 12.6. The Kier molecular flexibility index (Phi) is 15.5. The zero-order valence-corrected chi connectivity index (χ0v) is 18.4. The molecule has 0 amide bonds. The van der Waals surface area contributed by atoms with Crippen LogP contribution >= 0.6 is 0 Å². The van der Waals surface area contributed by atoms with Crippen LogP contribution in [0.5, 0.6) is 0 Å². The van der Waals surface area contributed by atoms with Crippen LogP contribution < -0.4 is 0 Å². The van der Waals surface area contributed by atoms with Crippen molar-refractivity contribution < 1.29 is 29.6 Å². The van der Waals surface area contributed by atoms with Gasteiger partial charge in [-0.1, -0.05) is 90.4 Å². The Morgan fingerprint density at radius 3 is 1.76 bits per heavy atom. The van der Waals surface area contributed by atoms with Crippen molar-refractivity contribution >= 4 is 5.97 Å². The van der Waals surface area contributed by atoms with Crippen molar-refractivity contribution in [3.8, 4) is 0 Å². The topological polar surface area (TPSA) is 96.2 Å². The van der Waals surface area contributed by atoms with Gasteiger partial charge in [0.05, 0.1) is 13.2 Å². The highest BCUT2D eigenvalue weighted by atomic mass is 16.6. The maximum absolute atomic E-state index is 11.9. The molecule has 1 heterocycles. The van der Waals surface area contributed by atoms with Crippen molar-refractivity contribution in [1.29, 1.82) is 0 Å². The van der Waals surface area contributed by atoms with Crippen LogP contribution in [0.15, 0.2) is 0 Å². The molecule has 4 atom stereocenters. The highest BCUT2D eigenvalue weighted by Gasteiger charge is 2.36. The number of hydrogen-bond acceptors (Lipinski definition) is 6. The second kappa shape index (κ2) is 17.0. The van der Waals surface area contributed by atoms with Crippen molar-refractivity contribution in [1.82, 2.24) is 0 Å². The Labute approximate surface area is 177 Å². The van der Waals surface area contributed by atoms with Gasteiger partial charge in [0.15, 0.2) is 6.10 Å². The Hall–Kier alpha value is -0.690. The molecule has 1 fully saturated rings. The Bertz CT molecular complexity index is 403. The molecule has 6 heteroatoms. The SMILES string of the molecule is CCCCCCCCCCCCCCCCC(=O)O[C@@H]1COC[C@@H](O)[C@@H](O)[C@@H]1O. The average Bonchev–Trinajstić information content (AvgIpc) is 2.82. The predicted octanol–water partition coefficient (Wildman–Crippen LogP) is 3.88. The van der Waals surface area contributed by atoms with E-state index in [2.05, 4.69) is 6.92 Å². The molecule has 1 aliphatic rings. The molecular weight excluding hydrogens is 372 g/mol. The fourth-order valence-electron chi connectivity index (χ4n) is 3.75. The first-order valence-corrected chi connectivity index (χ1v) is 11.9. The van der Waals surface area contributed by atoms with Crippen LogP contribution in [0.3, 0.4) is 0 Å². The minimum atomic E-state index is -1.36. The molecule has 29 heavy (non-hydrogen) atoms. The molecule has 1 aliphatic heterocycles. The van der Waals surface area contributed by atoms with Crippen LogP contribution in [-0.4, -0.2) is 58.9 Å². The van der Waals surface area contributed by atoms with Gasteiger partial charge in [0.25, 0.3) is 0 Å². The summed E-state index contributed by atoms with van der Waals surface area (Å²) in [5.41, 5.74) is 0. The lowest BCUT2D eigenvalue weighted by Gasteiger charge is -2.24. The second-order valence-electron chi connectivity index (χ2n) is 8.46. The van der Waals surface area contributed by atoms with Gasteiger partial charge in [-0.2, -0.15) is 0 Å². The van der Waals surface area contributed by atoms with E-state index in [9.17, 15) is 20.1 Å². The zero-order valence-electron chi connectivity index (χ0n) is 18.4. The standard InChI is InChI=1S/C23H44O6/c1-2-3-4-5-6-7-8-9-10-11-12-13-14-15-16-21(25)29-20-18-28-17-19(24)22(26)23(20)27/h19-20,22-24,26-27H,2-18H2,1H3/t19-,20-,22-,23-/m1/s1. The van der Waals surface area contributed by atoms with Crippen LogP contribution in [0.4, 0.5) is 0 Å². The van der Waals surface area contributed by atoms with E-state index in [-0.39, 0.29) is 19.2 Å². The van der Waals surface area contributed by atoms with Crippen LogP contribution in [0.1, 0.15) is 103 Å². The van der Waals surface area contributed by atoms with E-state index in [0.717, 1.165) is 19.3 Å². The van der Waals surface area contributed by atoms with Gasteiger partial charge in [0.2, 0.25) is 0 Å². The number of hydrogen-bond donors (Lipinski definition) is 3. The molecule has 0 spiro atoms. The zero-order chi connectivity index (χ0) is 21.3. The molecule has 0 radical (unpaired) electrons. The van der Waals surface area contributed by atoms with Gasteiger partial charge < -0.3 is 24.8 Å². The van der Waals surface area contributed by atoms with E-state index in [0.29, 0.717) is 6.42 Å². The summed E-state index contributed by atoms with van der Waals surface area (Å²) in [6.07, 6.45) is 13.2. The summed E-state index contributed by atoms with van der Waals surface area (Å²) in [6.45, 7) is 2.16. The smallest absolute Gasteiger partial charge is 0.306 e. The summed E-state index contributed by atoms with van der Waals surface area (Å²) in [5.74, 6) is -0.389. The minimum Gasteiger partial charge on any atom is -0.457 e. The molecular formula is C23H44O6.